The summed E-state index contributed by atoms with van der Waals surface area (Å²) in [5.74, 6) is 0.419. The first-order valence-corrected chi connectivity index (χ1v) is 7.60. The van der Waals surface area contributed by atoms with Gasteiger partial charge in [-0.25, -0.2) is 4.98 Å². The first-order chi connectivity index (χ1) is 11.1. The molecule has 3 aromatic rings. The number of benzene rings is 2. The van der Waals surface area contributed by atoms with Gasteiger partial charge in [-0.2, -0.15) is 0 Å². The summed E-state index contributed by atoms with van der Waals surface area (Å²) in [5, 5.41) is 3.35. The van der Waals surface area contributed by atoms with Crippen molar-refractivity contribution in [1.82, 2.24) is 4.98 Å². The highest BCUT2D eigenvalue weighted by atomic mass is 35.5. The van der Waals surface area contributed by atoms with Crippen LogP contribution in [0, 0.1) is 6.92 Å². The number of amides is 1. The molecular weight excluding hydrogens is 335 g/mol. The molecule has 0 atom stereocenters. The molecule has 0 saturated carbocycles. The first kappa shape index (κ1) is 15.6. The molecular formula is C17H12Cl2N2O2. The second kappa shape index (κ2) is 6.44. The van der Waals surface area contributed by atoms with Crippen LogP contribution in [-0.2, 0) is 0 Å². The van der Waals surface area contributed by atoms with Crippen molar-refractivity contribution < 1.29 is 9.21 Å². The molecule has 2 aromatic carbocycles. The van der Waals surface area contributed by atoms with Gasteiger partial charge in [-0.3, -0.25) is 4.79 Å². The van der Waals surface area contributed by atoms with E-state index >= 15 is 0 Å². The van der Waals surface area contributed by atoms with Crippen LogP contribution in [0.3, 0.4) is 0 Å². The minimum absolute atomic E-state index is 0.208. The van der Waals surface area contributed by atoms with Crippen LogP contribution in [0.2, 0.25) is 10.0 Å². The number of oxazole rings is 1. The third kappa shape index (κ3) is 3.23. The fourth-order valence-electron chi connectivity index (χ4n) is 2.09. The Hall–Kier alpha value is -2.30. The zero-order valence-corrected chi connectivity index (χ0v) is 13.7. The van der Waals surface area contributed by atoms with Crippen LogP contribution >= 0.6 is 23.2 Å². The molecule has 0 aliphatic rings. The number of aryl methyl sites for hydroxylation is 1. The summed E-state index contributed by atoms with van der Waals surface area (Å²) in [4.78, 5) is 16.7. The lowest BCUT2D eigenvalue weighted by molar-refractivity contribution is 0.102. The summed E-state index contributed by atoms with van der Waals surface area (Å²) in [7, 11) is 0. The Morgan fingerprint density at radius 3 is 2.57 bits per heavy atom. The third-order valence-electron chi connectivity index (χ3n) is 3.23. The van der Waals surface area contributed by atoms with Crippen molar-refractivity contribution in [1.29, 1.82) is 0 Å². The Labute approximate surface area is 143 Å². The highest BCUT2D eigenvalue weighted by molar-refractivity contribution is 6.44. The standard InChI is InChI=1S/C17H12Cl2N2O2/c1-10-15(21-17(23-10)11-6-3-2-4-7-11)16(22)20-13-9-5-8-12(18)14(13)19/h2-9H,1H3,(H,20,22). The summed E-state index contributed by atoms with van der Waals surface area (Å²) >= 11 is 12.0. The minimum Gasteiger partial charge on any atom is -0.441 e. The van der Waals surface area contributed by atoms with E-state index in [4.69, 9.17) is 27.6 Å². The zero-order valence-electron chi connectivity index (χ0n) is 12.1. The van der Waals surface area contributed by atoms with Crippen molar-refractivity contribution >= 4 is 34.8 Å². The number of anilines is 1. The van der Waals surface area contributed by atoms with Crippen LogP contribution in [0.25, 0.3) is 11.5 Å². The maximum Gasteiger partial charge on any atom is 0.277 e. The molecule has 1 heterocycles. The van der Waals surface area contributed by atoms with Crippen LogP contribution < -0.4 is 5.32 Å². The average molecular weight is 347 g/mol. The maximum atomic E-state index is 12.4. The SMILES string of the molecule is Cc1oc(-c2ccccc2)nc1C(=O)Nc1cccc(Cl)c1Cl. The van der Waals surface area contributed by atoms with E-state index in [0.717, 1.165) is 5.56 Å². The highest BCUT2D eigenvalue weighted by Crippen LogP contribution is 2.30. The van der Waals surface area contributed by atoms with Gasteiger partial charge in [0.15, 0.2) is 5.69 Å². The van der Waals surface area contributed by atoms with Crippen LogP contribution in [0.5, 0.6) is 0 Å². The molecule has 1 N–H and O–H groups in total. The smallest absolute Gasteiger partial charge is 0.277 e. The molecule has 23 heavy (non-hydrogen) atoms. The van der Waals surface area contributed by atoms with E-state index in [1.165, 1.54) is 0 Å². The van der Waals surface area contributed by atoms with Crippen LogP contribution in [-0.4, -0.2) is 10.9 Å². The average Bonchev–Trinajstić information content (AvgIpc) is 2.95. The molecule has 116 valence electrons. The Morgan fingerprint density at radius 1 is 1.09 bits per heavy atom. The van der Waals surface area contributed by atoms with Crippen molar-refractivity contribution in [3.63, 3.8) is 0 Å². The molecule has 0 spiro atoms. The van der Waals surface area contributed by atoms with Gasteiger partial charge in [-0.15, -0.1) is 0 Å². The lowest BCUT2D eigenvalue weighted by atomic mass is 10.2. The van der Waals surface area contributed by atoms with E-state index in [9.17, 15) is 4.79 Å². The maximum absolute atomic E-state index is 12.4. The topological polar surface area (TPSA) is 55.1 Å². The van der Waals surface area contributed by atoms with Crippen molar-refractivity contribution in [3.05, 3.63) is 70.0 Å². The molecule has 0 aliphatic heterocycles. The number of nitrogens with zero attached hydrogens (tertiary/aromatic N) is 1. The number of nitrogens with one attached hydrogen (secondary N) is 1. The van der Waals surface area contributed by atoms with E-state index in [0.29, 0.717) is 22.4 Å². The van der Waals surface area contributed by atoms with Gasteiger partial charge in [0.25, 0.3) is 5.91 Å². The quantitative estimate of drug-likeness (QED) is 0.708. The van der Waals surface area contributed by atoms with Gasteiger partial charge in [0, 0.05) is 5.56 Å². The van der Waals surface area contributed by atoms with Gasteiger partial charge in [0.1, 0.15) is 5.76 Å². The van der Waals surface area contributed by atoms with E-state index in [2.05, 4.69) is 10.3 Å². The summed E-state index contributed by atoms with van der Waals surface area (Å²) in [5.41, 5.74) is 1.43. The Balaban J connectivity index is 1.89. The van der Waals surface area contributed by atoms with E-state index in [1.54, 1.807) is 25.1 Å². The lowest BCUT2D eigenvalue weighted by Crippen LogP contribution is -2.14. The number of hydrogen-bond acceptors (Lipinski definition) is 3. The number of rotatable bonds is 3. The molecule has 3 rings (SSSR count). The number of halogens is 2. The molecule has 0 fully saturated rings. The Bertz CT molecular complexity index is 860. The van der Waals surface area contributed by atoms with Crippen molar-refractivity contribution in [2.24, 2.45) is 0 Å². The number of hydrogen-bond donors (Lipinski definition) is 1. The van der Waals surface area contributed by atoms with Crippen LogP contribution in [0.4, 0.5) is 5.69 Å². The molecule has 0 aliphatic carbocycles. The third-order valence-corrected chi connectivity index (χ3v) is 4.05. The van der Waals surface area contributed by atoms with Crippen LogP contribution in [0.15, 0.2) is 52.9 Å². The van der Waals surface area contributed by atoms with Crippen molar-refractivity contribution in [2.75, 3.05) is 5.32 Å². The lowest BCUT2D eigenvalue weighted by Gasteiger charge is -2.06. The summed E-state index contributed by atoms with van der Waals surface area (Å²) in [6, 6.07) is 14.4. The fraction of sp³-hybridized carbons (Fsp3) is 0.0588. The van der Waals surface area contributed by atoms with Crippen molar-refractivity contribution in [2.45, 2.75) is 6.92 Å². The second-order valence-corrected chi connectivity index (χ2v) is 5.63. The number of carbonyl (C=O) groups excluding carboxylic acids is 1. The van der Waals surface area contributed by atoms with E-state index < -0.39 is 5.91 Å². The Kier molecular flexibility index (Phi) is 4.37. The molecule has 1 amide bonds. The first-order valence-electron chi connectivity index (χ1n) is 6.84. The fourth-order valence-corrected chi connectivity index (χ4v) is 2.44. The molecule has 0 unspecified atom stereocenters. The summed E-state index contributed by atoms with van der Waals surface area (Å²) in [6.07, 6.45) is 0. The summed E-state index contributed by atoms with van der Waals surface area (Å²) in [6.45, 7) is 1.69. The largest absolute Gasteiger partial charge is 0.441 e. The van der Waals surface area contributed by atoms with Crippen molar-refractivity contribution in [3.8, 4) is 11.5 Å². The van der Waals surface area contributed by atoms with Crippen LogP contribution in [0.1, 0.15) is 16.2 Å². The predicted molar refractivity (Wildman–Crippen MR) is 91.1 cm³/mol. The number of aromatic nitrogens is 1. The molecule has 0 bridgehead atoms. The molecule has 0 saturated heterocycles. The highest BCUT2D eigenvalue weighted by Gasteiger charge is 2.19. The van der Waals surface area contributed by atoms with Gasteiger partial charge in [0.05, 0.1) is 15.7 Å². The van der Waals surface area contributed by atoms with E-state index in [1.807, 2.05) is 30.3 Å². The Morgan fingerprint density at radius 2 is 1.83 bits per heavy atom. The monoisotopic (exact) mass is 346 g/mol. The van der Waals surface area contributed by atoms with Gasteiger partial charge in [-0.05, 0) is 31.2 Å². The minimum atomic E-state index is -0.405. The predicted octanol–water partition coefficient (Wildman–Crippen LogP) is 5.21. The van der Waals surface area contributed by atoms with Gasteiger partial charge in [-0.1, -0.05) is 47.5 Å². The van der Waals surface area contributed by atoms with Gasteiger partial charge in [0.2, 0.25) is 5.89 Å². The van der Waals surface area contributed by atoms with Gasteiger partial charge >= 0.3 is 0 Å². The normalized spacial score (nSPS) is 10.6. The molecule has 4 nitrogen and oxygen atoms in total. The molecule has 1 aromatic heterocycles. The number of carbonyl (C=O) groups is 1. The molecule has 6 heteroatoms. The summed E-state index contributed by atoms with van der Waals surface area (Å²) < 4.78 is 5.58. The van der Waals surface area contributed by atoms with Gasteiger partial charge < -0.3 is 9.73 Å². The zero-order chi connectivity index (χ0) is 16.4. The second-order valence-electron chi connectivity index (χ2n) is 4.85. The molecule has 0 radical (unpaired) electrons. The van der Waals surface area contributed by atoms with E-state index in [-0.39, 0.29) is 10.7 Å².